The number of pyridine rings is 1. The van der Waals surface area contributed by atoms with Crippen molar-refractivity contribution in [3.63, 3.8) is 0 Å². The minimum atomic E-state index is -0.104. The Balaban J connectivity index is 1.42. The third-order valence-electron chi connectivity index (χ3n) is 5.40. The Labute approximate surface area is 201 Å². The second-order valence-electron chi connectivity index (χ2n) is 7.59. The molecule has 0 amide bonds. The summed E-state index contributed by atoms with van der Waals surface area (Å²) in [6.07, 6.45) is 3.21. The number of halogens is 2. The molecule has 5 aromatic rings. The number of hydrogen-bond acceptors (Lipinski definition) is 3. The number of anilines is 2. The van der Waals surface area contributed by atoms with Crippen molar-refractivity contribution in [2.75, 3.05) is 5.32 Å². The minimum Gasteiger partial charge on any atom is -0.354 e. The van der Waals surface area contributed by atoms with Gasteiger partial charge in [0.05, 0.1) is 16.7 Å². The van der Waals surface area contributed by atoms with E-state index < -0.39 is 0 Å². The summed E-state index contributed by atoms with van der Waals surface area (Å²) in [4.78, 5) is 17.4. The van der Waals surface area contributed by atoms with Crippen molar-refractivity contribution in [2.24, 2.45) is 0 Å². The zero-order valence-corrected chi connectivity index (χ0v) is 18.9. The first kappa shape index (κ1) is 21.2. The molecular weight excluding hydrogens is 451 g/mol. The van der Waals surface area contributed by atoms with Gasteiger partial charge in [-0.1, -0.05) is 65.7 Å². The van der Waals surface area contributed by atoms with E-state index in [-0.39, 0.29) is 5.78 Å². The van der Waals surface area contributed by atoms with Crippen LogP contribution in [0.2, 0.25) is 10.0 Å². The predicted molar refractivity (Wildman–Crippen MR) is 139 cm³/mol. The van der Waals surface area contributed by atoms with Crippen LogP contribution in [0, 0.1) is 0 Å². The van der Waals surface area contributed by atoms with Gasteiger partial charge >= 0.3 is 0 Å². The van der Waals surface area contributed by atoms with Crippen molar-refractivity contribution >= 4 is 68.2 Å². The molecule has 1 N–H and O–H groups in total. The molecule has 0 saturated heterocycles. The van der Waals surface area contributed by atoms with E-state index in [1.165, 1.54) is 6.08 Å². The third kappa shape index (κ3) is 4.47. The highest BCUT2D eigenvalue weighted by atomic mass is 35.5. The Morgan fingerprint density at radius 1 is 0.788 bits per heavy atom. The molecule has 0 saturated carbocycles. The number of allylic oxidation sites excluding steroid dienone is 1. The smallest absolute Gasteiger partial charge is 0.185 e. The first-order valence-corrected chi connectivity index (χ1v) is 11.2. The van der Waals surface area contributed by atoms with Crippen LogP contribution in [0.4, 0.5) is 11.4 Å². The maximum absolute atomic E-state index is 12.6. The maximum Gasteiger partial charge on any atom is 0.185 e. The topological polar surface area (TPSA) is 42.0 Å². The fourth-order valence-corrected chi connectivity index (χ4v) is 4.21. The van der Waals surface area contributed by atoms with Crippen LogP contribution in [0.1, 0.15) is 15.9 Å². The fourth-order valence-electron chi connectivity index (χ4n) is 3.74. The minimum absolute atomic E-state index is 0.104. The van der Waals surface area contributed by atoms with Crippen molar-refractivity contribution in [1.29, 1.82) is 0 Å². The van der Waals surface area contributed by atoms with Gasteiger partial charge in [0.25, 0.3) is 0 Å². The van der Waals surface area contributed by atoms with Gasteiger partial charge < -0.3 is 5.32 Å². The lowest BCUT2D eigenvalue weighted by atomic mass is 10.1. The summed E-state index contributed by atoms with van der Waals surface area (Å²) in [7, 11) is 0. The van der Waals surface area contributed by atoms with Crippen molar-refractivity contribution in [3.05, 3.63) is 118 Å². The molecule has 0 bridgehead atoms. The standard InChI is InChI=1S/C28H18Cl2N2O/c29-20-13-9-18(24(30)17-20)12-16-27(33)19-10-14-21(15-11-19)31-28-22-5-1-3-7-25(22)32-26-8-4-2-6-23(26)28/h1-17H,(H,31,32)/b16-12+. The molecule has 0 spiro atoms. The van der Waals surface area contributed by atoms with Crippen molar-refractivity contribution in [3.8, 4) is 0 Å². The molecule has 3 nitrogen and oxygen atoms in total. The molecule has 0 unspecified atom stereocenters. The average Bonchev–Trinajstić information content (AvgIpc) is 2.83. The highest BCUT2D eigenvalue weighted by Gasteiger charge is 2.10. The van der Waals surface area contributed by atoms with Gasteiger partial charge in [-0.3, -0.25) is 4.79 Å². The summed E-state index contributed by atoms with van der Waals surface area (Å²) < 4.78 is 0. The average molecular weight is 469 g/mol. The van der Waals surface area contributed by atoms with Crippen molar-refractivity contribution in [2.45, 2.75) is 0 Å². The van der Waals surface area contributed by atoms with Crippen LogP contribution in [0.15, 0.2) is 97.1 Å². The summed E-state index contributed by atoms with van der Waals surface area (Å²) >= 11 is 12.1. The molecule has 1 aromatic heterocycles. The number of carbonyl (C=O) groups excluding carboxylic acids is 1. The zero-order chi connectivity index (χ0) is 22.8. The van der Waals surface area contributed by atoms with Gasteiger partial charge in [0, 0.05) is 32.1 Å². The largest absolute Gasteiger partial charge is 0.354 e. The summed E-state index contributed by atoms with van der Waals surface area (Å²) in [5.74, 6) is -0.104. The van der Waals surface area contributed by atoms with Gasteiger partial charge in [0.2, 0.25) is 0 Å². The Kier molecular flexibility index (Phi) is 5.82. The number of rotatable bonds is 5. The number of aromatic nitrogens is 1. The van der Waals surface area contributed by atoms with Crippen LogP contribution in [0.25, 0.3) is 27.9 Å². The molecule has 1 heterocycles. The number of nitrogens with zero attached hydrogens (tertiary/aromatic N) is 1. The lowest BCUT2D eigenvalue weighted by Crippen LogP contribution is -1.97. The molecule has 0 atom stereocenters. The van der Waals surface area contributed by atoms with E-state index in [4.69, 9.17) is 28.2 Å². The SMILES string of the molecule is O=C(/C=C/c1ccc(Cl)cc1Cl)c1ccc(Nc2c3ccccc3nc3ccccc23)cc1. The molecule has 0 aliphatic heterocycles. The molecule has 5 heteroatoms. The monoisotopic (exact) mass is 468 g/mol. The van der Waals surface area contributed by atoms with Gasteiger partial charge in [-0.05, 0) is 66.2 Å². The van der Waals surface area contributed by atoms with Crippen molar-refractivity contribution in [1.82, 2.24) is 4.98 Å². The van der Waals surface area contributed by atoms with Crippen LogP contribution in [-0.4, -0.2) is 10.8 Å². The van der Waals surface area contributed by atoms with Gasteiger partial charge in [-0.15, -0.1) is 0 Å². The number of hydrogen-bond donors (Lipinski definition) is 1. The molecule has 160 valence electrons. The van der Waals surface area contributed by atoms with Gasteiger partial charge in [0.15, 0.2) is 5.78 Å². The molecule has 0 radical (unpaired) electrons. The Bertz CT molecular complexity index is 1470. The van der Waals surface area contributed by atoms with E-state index in [0.717, 1.165) is 38.7 Å². The second-order valence-corrected chi connectivity index (χ2v) is 8.43. The Morgan fingerprint density at radius 2 is 1.42 bits per heavy atom. The molecule has 5 rings (SSSR count). The normalized spacial score (nSPS) is 11.3. The number of benzene rings is 4. The number of fused-ring (bicyclic) bond motifs is 2. The van der Waals surface area contributed by atoms with Gasteiger partial charge in [0.1, 0.15) is 0 Å². The van der Waals surface area contributed by atoms with Crippen LogP contribution in [0.3, 0.4) is 0 Å². The first-order chi connectivity index (χ1) is 16.1. The number of nitrogens with one attached hydrogen (secondary N) is 1. The zero-order valence-electron chi connectivity index (χ0n) is 17.4. The quantitative estimate of drug-likeness (QED) is 0.160. The van der Waals surface area contributed by atoms with E-state index in [1.807, 2.05) is 60.7 Å². The van der Waals surface area contributed by atoms with E-state index in [2.05, 4.69) is 17.4 Å². The van der Waals surface area contributed by atoms with E-state index >= 15 is 0 Å². The number of ketones is 1. The van der Waals surface area contributed by atoms with Crippen LogP contribution < -0.4 is 5.32 Å². The van der Waals surface area contributed by atoms with E-state index in [1.54, 1.807) is 24.3 Å². The van der Waals surface area contributed by atoms with Crippen LogP contribution in [0.5, 0.6) is 0 Å². The van der Waals surface area contributed by atoms with Crippen LogP contribution >= 0.6 is 23.2 Å². The molecule has 0 fully saturated rings. The van der Waals surface area contributed by atoms with Gasteiger partial charge in [-0.25, -0.2) is 4.98 Å². The molecule has 0 aliphatic carbocycles. The summed E-state index contributed by atoms with van der Waals surface area (Å²) in [6, 6.07) is 28.7. The molecule has 4 aromatic carbocycles. The maximum atomic E-state index is 12.6. The summed E-state index contributed by atoms with van der Waals surface area (Å²) in [5, 5.41) is 6.67. The second kappa shape index (κ2) is 9.07. The summed E-state index contributed by atoms with van der Waals surface area (Å²) in [5.41, 5.74) is 5.06. The van der Waals surface area contributed by atoms with Gasteiger partial charge in [-0.2, -0.15) is 0 Å². The van der Waals surface area contributed by atoms with E-state index in [9.17, 15) is 4.79 Å². The fraction of sp³-hybridized carbons (Fsp3) is 0. The summed E-state index contributed by atoms with van der Waals surface area (Å²) in [6.45, 7) is 0. The van der Waals surface area contributed by atoms with Crippen molar-refractivity contribution < 1.29 is 4.79 Å². The number of para-hydroxylation sites is 2. The lowest BCUT2D eigenvalue weighted by Gasteiger charge is -2.13. The Hall–Kier alpha value is -3.66. The van der Waals surface area contributed by atoms with Crippen LogP contribution in [-0.2, 0) is 0 Å². The lowest BCUT2D eigenvalue weighted by molar-refractivity contribution is 0.104. The Morgan fingerprint density at radius 3 is 2.06 bits per heavy atom. The highest BCUT2D eigenvalue weighted by molar-refractivity contribution is 6.35. The predicted octanol–water partition coefficient (Wildman–Crippen LogP) is 8.33. The third-order valence-corrected chi connectivity index (χ3v) is 5.97. The number of carbonyl (C=O) groups is 1. The van der Waals surface area contributed by atoms with E-state index in [0.29, 0.717) is 15.6 Å². The first-order valence-electron chi connectivity index (χ1n) is 10.4. The molecule has 33 heavy (non-hydrogen) atoms. The highest BCUT2D eigenvalue weighted by Crippen LogP contribution is 2.33. The molecular formula is C28H18Cl2N2O. The molecule has 0 aliphatic rings.